The summed E-state index contributed by atoms with van der Waals surface area (Å²) in [6.07, 6.45) is 0.0740. The highest BCUT2D eigenvalue weighted by molar-refractivity contribution is 6.31. The monoisotopic (exact) mass is 791 g/mol. The van der Waals surface area contributed by atoms with E-state index < -0.39 is 60.7 Å². The second kappa shape index (κ2) is 17.6. The van der Waals surface area contributed by atoms with Gasteiger partial charge in [-0.3, -0.25) is 14.5 Å². The van der Waals surface area contributed by atoms with Gasteiger partial charge in [0.2, 0.25) is 5.91 Å². The normalized spacial score (nSPS) is 18.2. The van der Waals surface area contributed by atoms with Crippen LogP contribution in [0.3, 0.4) is 0 Å². The van der Waals surface area contributed by atoms with Gasteiger partial charge in [0.25, 0.3) is 5.91 Å². The second-order valence-corrected chi connectivity index (χ2v) is 13.8. The van der Waals surface area contributed by atoms with E-state index in [-0.39, 0.29) is 34.9 Å². The second-order valence-electron chi connectivity index (χ2n) is 13.3. The minimum absolute atomic E-state index is 0.0103. The first kappa shape index (κ1) is 40.3. The van der Waals surface area contributed by atoms with Gasteiger partial charge in [-0.2, -0.15) is 4.68 Å². The van der Waals surface area contributed by atoms with Crippen LogP contribution >= 0.6 is 11.6 Å². The number of carbonyl (C=O) groups is 3. The Labute approximate surface area is 324 Å². The maximum Gasteiger partial charge on any atom is 0.335 e. The number of carboxylic acids is 1. The number of aliphatic hydroxyl groups excluding tert-OH is 5. The number of hydrogen-bond donors (Lipinski definition) is 7. The van der Waals surface area contributed by atoms with Crippen molar-refractivity contribution in [2.45, 2.75) is 43.3 Å². The molecule has 5 unspecified atom stereocenters. The summed E-state index contributed by atoms with van der Waals surface area (Å²) in [7, 11) is 0. The molecule has 5 atom stereocenters. The third-order valence-corrected chi connectivity index (χ3v) is 10.2. The summed E-state index contributed by atoms with van der Waals surface area (Å²) in [5, 5.41) is 72.5. The van der Waals surface area contributed by atoms with Crippen LogP contribution < -0.4 is 5.32 Å². The Bertz CT molecular complexity index is 2130. The number of β-amino-alcohol motifs (C(OH)–C–C–N with tert-alkyl or cyclic N) is 1. The average Bonchev–Trinajstić information content (AvgIpc) is 3.75. The molecule has 0 radical (unpaired) electrons. The van der Waals surface area contributed by atoms with Crippen molar-refractivity contribution in [1.82, 2.24) is 30.0 Å². The third kappa shape index (κ3) is 8.69. The predicted molar refractivity (Wildman–Crippen MR) is 200 cm³/mol. The zero-order chi connectivity index (χ0) is 40.1. The number of nitrogens with one attached hydrogen (secondary N) is 1. The van der Waals surface area contributed by atoms with Crippen LogP contribution in [0, 0.1) is 5.82 Å². The van der Waals surface area contributed by atoms with Gasteiger partial charge in [0.15, 0.2) is 5.82 Å². The number of aliphatic hydroxyl groups is 5. The Morgan fingerprint density at radius 3 is 2.39 bits per heavy atom. The van der Waals surface area contributed by atoms with Crippen molar-refractivity contribution in [2.24, 2.45) is 0 Å². The maximum atomic E-state index is 15.3. The highest BCUT2D eigenvalue weighted by Crippen LogP contribution is 2.37. The van der Waals surface area contributed by atoms with Crippen molar-refractivity contribution in [1.29, 1.82) is 0 Å². The van der Waals surface area contributed by atoms with E-state index >= 15 is 4.39 Å². The zero-order valence-electron chi connectivity index (χ0n) is 29.7. The summed E-state index contributed by atoms with van der Waals surface area (Å²) >= 11 is 6.08. The third-order valence-electron chi connectivity index (χ3n) is 9.86. The van der Waals surface area contributed by atoms with E-state index in [4.69, 9.17) is 16.7 Å². The summed E-state index contributed by atoms with van der Waals surface area (Å²) in [5.74, 6) is -3.11. The van der Waals surface area contributed by atoms with Gasteiger partial charge in [0.1, 0.15) is 30.7 Å². The van der Waals surface area contributed by atoms with Crippen molar-refractivity contribution in [3.63, 3.8) is 0 Å². The molecule has 294 valence electrons. The molecule has 0 spiro atoms. The van der Waals surface area contributed by atoms with Crippen LogP contribution in [0.15, 0.2) is 73.1 Å². The number of aromatic nitrogens is 4. The van der Waals surface area contributed by atoms with E-state index in [2.05, 4.69) is 20.8 Å². The van der Waals surface area contributed by atoms with Gasteiger partial charge in [-0.25, -0.2) is 9.18 Å². The molecule has 0 aliphatic carbocycles. The molecule has 0 bridgehead atoms. The fraction of sp³-hybridized carbons (Fsp3) is 0.316. The molecule has 0 saturated carbocycles. The molecule has 56 heavy (non-hydrogen) atoms. The van der Waals surface area contributed by atoms with Crippen molar-refractivity contribution >= 4 is 46.7 Å². The van der Waals surface area contributed by atoms with Crippen LogP contribution in [0.5, 0.6) is 0 Å². The molecular weight excluding hydrogens is 753 g/mol. The first-order valence-corrected chi connectivity index (χ1v) is 18.0. The number of carbonyl (C=O) groups excluding carboxylic acids is 2. The summed E-state index contributed by atoms with van der Waals surface area (Å²) in [6.45, 7) is 0.159. The molecule has 4 aromatic rings. The number of amides is 2. The van der Waals surface area contributed by atoms with Crippen LogP contribution in [0.4, 0.5) is 10.1 Å². The topological polar surface area (TPSA) is 235 Å². The van der Waals surface area contributed by atoms with Crippen molar-refractivity contribution in [3.05, 3.63) is 112 Å². The number of nitrogens with zero attached hydrogens (tertiary/aromatic N) is 6. The standard InChI is InChI=1S/C38H39ClFN7O9/c39-28-9-10-29(47-20-41-43-44-47)27(33(28)40)8-11-32(51)46-17-14-25-24(21-12-15-45(16-13-21)18-30(49)35(52)36(53)31(50)19-48)2-1-3-26(25)34(46)37(54)42-23-6-4-22(5-7-23)38(55)56/h1-12,20,30-31,34-36,48-50,52-53H,13-19H2,(H,42,54)(H,55,56)/b11-8+. The molecule has 2 amide bonds. The Hall–Kier alpha value is -5.40. The fourth-order valence-electron chi connectivity index (χ4n) is 6.89. The minimum atomic E-state index is -1.73. The van der Waals surface area contributed by atoms with Crippen LogP contribution in [-0.2, 0) is 16.0 Å². The summed E-state index contributed by atoms with van der Waals surface area (Å²) in [6, 6.07) is 12.7. The molecular formula is C38H39ClFN7O9. The Morgan fingerprint density at radius 2 is 1.73 bits per heavy atom. The van der Waals surface area contributed by atoms with E-state index in [0.717, 1.165) is 22.8 Å². The average molecular weight is 792 g/mol. The van der Waals surface area contributed by atoms with E-state index in [1.807, 2.05) is 17.0 Å². The quantitative estimate of drug-likeness (QED) is 0.0952. The van der Waals surface area contributed by atoms with Crippen LogP contribution in [-0.4, -0.2) is 136 Å². The molecule has 1 aromatic heterocycles. The molecule has 2 aliphatic rings. The Balaban J connectivity index is 1.28. The van der Waals surface area contributed by atoms with Gasteiger partial charge >= 0.3 is 5.97 Å². The molecule has 2 aliphatic heterocycles. The van der Waals surface area contributed by atoms with E-state index in [0.29, 0.717) is 37.2 Å². The van der Waals surface area contributed by atoms with Crippen LogP contribution in [0.2, 0.25) is 5.02 Å². The van der Waals surface area contributed by atoms with Gasteiger partial charge in [0.05, 0.1) is 29.0 Å². The molecule has 0 saturated heterocycles. The Morgan fingerprint density at radius 1 is 0.982 bits per heavy atom. The number of halogens is 2. The van der Waals surface area contributed by atoms with Gasteiger partial charge in [0, 0.05) is 43.5 Å². The summed E-state index contributed by atoms with van der Waals surface area (Å²) in [5.41, 5.74) is 3.69. The lowest BCUT2D eigenvalue weighted by Crippen LogP contribution is -2.50. The summed E-state index contributed by atoms with van der Waals surface area (Å²) < 4.78 is 16.6. The van der Waals surface area contributed by atoms with E-state index in [1.165, 1.54) is 58.4 Å². The van der Waals surface area contributed by atoms with Crippen LogP contribution in [0.1, 0.15) is 45.1 Å². The predicted octanol–water partition coefficient (Wildman–Crippen LogP) is 1.46. The molecule has 3 aromatic carbocycles. The van der Waals surface area contributed by atoms with Crippen LogP contribution in [0.25, 0.3) is 17.3 Å². The number of benzene rings is 3. The number of carboxylic acid groups (broad SMARTS) is 1. The fourth-order valence-corrected chi connectivity index (χ4v) is 7.06. The molecule has 16 nitrogen and oxygen atoms in total. The first-order chi connectivity index (χ1) is 26.9. The van der Waals surface area contributed by atoms with E-state index in [9.17, 15) is 39.9 Å². The number of hydrogen-bond acceptors (Lipinski definition) is 12. The lowest BCUT2D eigenvalue weighted by Gasteiger charge is -2.37. The van der Waals surface area contributed by atoms with Gasteiger partial charge < -0.3 is 40.9 Å². The molecule has 7 N–H and O–H groups in total. The van der Waals surface area contributed by atoms with Crippen molar-refractivity contribution in [3.8, 4) is 5.69 Å². The smallest absolute Gasteiger partial charge is 0.335 e. The number of aromatic carboxylic acids is 1. The largest absolute Gasteiger partial charge is 0.478 e. The lowest BCUT2D eigenvalue weighted by atomic mass is 9.84. The lowest BCUT2D eigenvalue weighted by molar-refractivity contribution is -0.135. The molecule has 18 heteroatoms. The number of anilines is 1. The van der Waals surface area contributed by atoms with Crippen molar-refractivity contribution < 1.29 is 49.4 Å². The zero-order valence-corrected chi connectivity index (χ0v) is 30.4. The maximum absolute atomic E-state index is 15.3. The first-order valence-electron chi connectivity index (χ1n) is 17.6. The highest BCUT2D eigenvalue weighted by Gasteiger charge is 2.37. The SMILES string of the molecule is O=C(O)c1ccc(NC(=O)C2c3cccc(C4=CCN(CC(O)C(O)C(O)C(O)CO)CC4)c3CCN2C(=O)/C=C/c2c(-n3cnnn3)ccc(Cl)c2F)cc1. The molecule has 0 fully saturated rings. The van der Waals surface area contributed by atoms with Gasteiger partial charge in [-0.05, 0) is 88.0 Å². The molecule has 3 heterocycles. The minimum Gasteiger partial charge on any atom is -0.478 e. The Kier molecular flexibility index (Phi) is 12.7. The van der Waals surface area contributed by atoms with E-state index in [1.54, 1.807) is 12.1 Å². The van der Waals surface area contributed by atoms with Gasteiger partial charge in [-0.15, -0.1) is 5.10 Å². The number of rotatable bonds is 13. The number of tetrazole rings is 1. The van der Waals surface area contributed by atoms with Gasteiger partial charge in [-0.1, -0.05) is 35.9 Å². The number of fused-ring (bicyclic) bond motifs is 1. The highest BCUT2D eigenvalue weighted by atomic mass is 35.5. The van der Waals surface area contributed by atoms with Crippen molar-refractivity contribution in [2.75, 3.05) is 38.1 Å². The summed E-state index contributed by atoms with van der Waals surface area (Å²) in [4.78, 5) is 42.8. The molecule has 6 rings (SSSR count).